The van der Waals surface area contributed by atoms with Gasteiger partial charge in [-0.25, -0.2) is 4.98 Å². The summed E-state index contributed by atoms with van der Waals surface area (Å²) in [4.78, 5) is 10.4. The minimum absolute atomic E-state index is 0.680. The number of imidazole rings is 1. The molecule has 3 nitrogen and oxygen atoms in total. The number of hydrogen-bond donors (Lipinski definition) is 1. The Morgan fingerprint density at radius 1 is 0.808 bits per heavy atom. The molecular weight excluding hydrogens is 318 g/mol. The molecule has 4 rings (SSSR count). The fourth-order valence-electron chi connectivity index (χ4n) is 3.10. The van der Waals surface area contributed by atoms with Crippen molar-refractivity contribution in [1.82, 2.24) is 9.97 Å². The van der Waals surface area contributed by atoms with E-state index in [4.69, 9.17) is 0 Å². The molecule has 26 heavy (non-hydrogen) atoms. The number of aromatic nitrogens is 2. The first-order chi connectivity index (χ1) is 12.8. The molecule has 0 unspecified atom stereocenters. The van der Waals surface area contributed by atoms with Gasteiger partial charge in [0.05, 0.1) is 18.4 Å². The summed E-state index contributed by atoms with van der Waals surface area (Å²) in [6.07, 6.45) is 1.91. The van der Waals surface area contributed by atoms with E-state index >= 15 is 0 Å². The Morgan fingerprint density at radius 3 is 2.08 bits per heavy atom. The average molecular weight is 339 g/mol. The van der Waals surface area contributed by atoms with Gasteiger partial charge in [0.2, 0.25) is 0 Å². The lowest BCUT2D eigenvalue weighted by Gasteiger charge is -2.24. The monoisotopic (exact) mass is 339 g/mol. The molecule has 0 fully saturated rings. The van der Waals surface area contributed by atoms with Crippen LogP contribution in [0.15, 0.2) is 91.1 Å². The summed E-state index contributed by atoms with van der Waals surface area (Å²) in [5, 5.41) is 0. The SMILES string of the molecule is Cc1cccc(-c2cnc(CN(c3ccccc3)c3ccccc3)[nH]2)c1. The lowest BCUT2D eigenvalue weighted by Crippen LogP contribution is -2.17. The predicted octanol–water partition coefficient (Wildman–Crippen LogP) is 5.72. The molecule has 3 heteroatoms. The first-order valence-corrected chi connectivity index (χ1v) is 8.78. The van der Waals surface area contributed by atoms with Gasteiger partial charge in [0.1, 0.15) is 5.82 Å². The van der Waals surface area contributed by atoms with Crippen LogP contribution < -0.4 is 4.90 Å². The third-order valence-corrected chi connectivity index (χ3v) is 4.40. The van der Waals surface area contributed by atoms with Crippen molar-refractivity contribution >= 4 is 11.4 Å². The number of rotatable bonds is 5. The molecule has 0 radical (unpaired) electrons. The van der Waals surface area contributed by atoms with Crippen LogP contribution >= 0.6 is 0 Å². The first kappa shape index (κ1) is 16.2. The van der Waals surface area contributed by atoms with Crippen molar-refractivity contribution in [1.29, 1.82) is 0 Å². The maximum absolute atomic E-state index is 4.62. The summed E-state index contributed by atoms with van der Waals surface area (Å²) in [6.45, 7) is 2.78. The van der Waals surface area contributed by atoms with E-state index in [-0.39, 0.29) is 0 Å². The highest BCUT2D eigenvalue weighted by molar-refractivity contribution is 5.63. The number of hydrogen-bond acceptors (Lipinski definition) is 2. The molecule has 0 amide bonds. The summed E-state index contributed by atoms with van der Waals surface area (Å²) in [7, 11) is 0. The smallest absolute Gasteiger partial charge is 0.126 e. The van der Waals surface area contributed by atoms with Gasteiger partial charge in [-0.05, 0) is 42.8 Å². The molecule has 0 atom stereocenters. The molecule has 4 aromatic rings. The Morgan fingerprint density at radius 2 is 1.46 bits per heavy atom. The van der Waals surface area contributed by atoms with E-state index in [0.717, 1.165) is 28.5 Å². The highest BCUT2D eigenvalue weighted by Crippen LogP contribution is 2.27. The number of nitrogens with one attached hydrogen (secondary N) is 1. The maximum Gasteiger partial charge on any atom is 0.126 e. The number of aryl methyl sites for hydroxylation is 1. The predicted molar refractivity (Wildman–Crippen MR) is 107 cm³/mol. The lowest BCUT2D eigenvalue weighted by atomic mass is 10.1. The number of anilines is 2. The second-order valence-electron chi connectivity index (χ2n) is 6.37. The van der Waals surface area contributed by atoms with Gasteiger partial charge in [0.15, 0.2) is 0 Å². The van der Waals surface area contributed by atoms with Gasteiger partial charge in [-0.15, -0.1) is 0 Å². The van der Waals surface area contributed by atoms with Gasteiger partial charge in [-0.2, -0.15) is 0 Å². The largest absolute Gasteiger partial charge is 0.340 e. The van der Waals surface area contributed by atoms with Gasteiger partial charge < -0.3 is 9.88 Å². The molecule has 0 aliphatic carbocycles. The van der Waals surface area contributed by atoms with E-state index in [1.54, 1.807) is 0 Å². The molecule has 0 bridgehead atoms. The van der Waals surface area contributed by atoms with E-state index < -0.39 is 0 Å². The first-order valence-electron chi connectivity index (χ1n) is 8.78. The van der Waals surface area contributed by atoms with Crippen LogP contribution in [0.1, 0.15) is 11.4 Å². The normalized spacial score (nSPS) is 10.7. The zero-order chi connectivity index (χ0) is 17.8. The number of benzene rings is 3. The quantitative estimate of drug-likeness (QED) is 0.504. The van der Waals surface area contributed by atoms with E-state index in [0.29, 0.717) is 6.54 Å². The topological polar surface area (TPSA) is 31.9 Å². The Hall–Kier alpha value is -3.33. The molecule has 0 aliphatic rings. The van der Waals surface area contributed by atoms with Crippen LogP contribution in [0.4, 0.5) is 11.4 Å². The number of para-hydroxylation sites is 2. The minimum atomic E-state index is 0.680. The molecule has 3 aromatic carbocycles. The molecule has 1 aromatic heterocycles. The van der Waals surface area contributed by atoms with Gasteiger partial charge in [-0.3, -0.25) is 0 Å². The third-order valence-electron chi connectivity index (χ3n) is 4.40. The molecule has 0 aliphatic heterocycles. The van der Waals surface area contributed by atoms with Crippen molar-refractivity contribution in [3.63, 3.8) is 0 Å². The molecular formula is C23H21N3. The van der Waals surface area contributed by atoms with Crippen molar-refractivity contribution in [2.24, 2.45) is 0 Å². The molecule has 128 valence electrons. The van der Waals surface area contributed by atoms with Crippen molar-refractivity contribution in [3.8, 4) is 11.3 Å². The van der Waals surface area contributed by atoms with Crippen molar-refractivity contribution in [2.45, 2.75) is 13.5 Å². The summed E-state index contributed by atoms with van der Waals surface area (Å²) in [6, 6.07) is 29.3. The molecule has 0 saturated heterocycles. The zero-order valence-corrected chi connectivity index (χ0v) is 14.8. The van der Waals surface area contributed by atoms with Crippen LogP contribution in [0.3, 0.4) is 0 Å². The Labute approximate surface area is 154 Å². The zero-order valence-electron chi connectivity index (χ0n) is 14.8. The standard InChI is InChI=1S/C23H21N3/c1-18-9-8-10-19(15-18)22-16-24-23(25-22)17-26(20-11-4-2-5-12-20)21-13-6-3-7-14-21/h2-16H,17H2,1H3,(H,24,25). The van der Waals surface area contributed by atoms with Gasteiger partial charge in [0, 0.05) is 11.4 Å². The van der Waals surface area contributed by atoms with E-state index in [9.17, 15) is 0 Å². The molecule has 1 N–H and O–H groups in total. The Balaban J connectivity index is 1.65. The van der Waals surface area contributed by atoms with E-state index in [1.165, 1.54) is 5.56 Å². The maximum atomic E-state index is 4.62. The fraction of sp³-hybridized carbons (Fsp3) is 0.0870. The van der Waals surface area contributed by atoms with Crippen LogP contribution in [0.2, 0.25) is 0 Å². The summed E-state index contributed by atoms with van der Waals surface area (Å²) in [5.74, 6) is 0.939. The summed E-state index contributed by atoms with van der Waals surface area (Å²) >= 11 is 0. The lowest BCUT2D eigenvalue weighted by molar-refractivity contribution is 0.897. The third kappa shape index (κ3) is 3.52. The Bertz CT molecular complexity index is 935. The second kappa shape index (κ2) is 7.28. The fourth-order valence-corrected chi connectivity index (χ4v) is 3.10. The molecule has 0 spiro atoms. The molecule has 1 heterocycles. The van der Waals surface area contributed by atoms with Gasteiger partial charge in [-0.1, -0.05) is 60.2 Å². The second-order valence-corrected chi connectivity index (χ2v) is 6.37. The summed E-state index contributed by atoms with van der Waals surface area (Å²) < 4.78 is 0. The van der Waals surface area contributed by atoms with Crippen LogP contribution in [0, 0.1) is 6.92 Å². The van der Waals surface area contributed by atoms with Crippen molar-refractivity contribution in [3.05, 3.63) is 103 Å². The van der Waals surface area contributed by atoms with E-state index in [2.05, 4.69) is 94.6 Å². The summed E-state index contributed by atoms with van der Waals surface area (Å²) in [5.41, 5.74) is 5.74. The van der Waals surface area contributed by atoms with Crippen LogP contribution in [-0.2, 0) is 6.54 Å². The van der Waals surface area contributed by atoms with Gasteiger partial charge in [0.25, 0.3) is 0 Å². The minimum Gasteiger partial charge on any atom is -0.340 e. The molecule has 0 saturated carbocycles. The van der Waals surface area contributed by atoms with Crippen LogP contribution in [-0.4, -0.2) is 9.97 Å². The van der Waals surface area contributed by atoms with Crippen molar-refractivity contribution in [2.75, 3.05) is 4.90 Å². The van der Waals surface area contributed by atoms with Gasteiger partial charge >= 0.3 is 0 Å². The van der Waals surface area contributed by atoms with Crippen molar-refractivity contribution < 1.29 is 0 Å². The average Bonchev–Trinajstić information content (AvgIpc) is 3.16. The highest BCUT2D eigenvalue weighted by Gasteiger charge is 2.12. The highest BCUT2D eigenvalue weighted by atomic mass is 15.2. The van der Waals surface area contributed by atoms with Crippen LogP contribution in [0.25, 0.3) is 11.3 Å². The number of nitrogens with zero attached hydrogens (tertiary/aromatic N) is 2. The number of H-pyrrole nitrogens is 1. The van der Waals surface area contributed by atoms with Crippen LogP contribution in [0.5, 0.6) is 0 Å². The van der Waals surface area contributed by atoms with E-state index in [1.807, 2.05) is 18.3 Å². The Kier molecular flexibility index (Phi) is 4.52. The number of aromatic amines is 1.